The van der Waals surface area contributed by atoms with Crippen LogP contribution in [0.4, 0.5) is 14.9 Å². The van der Waals surface area contributed by atoms with Crippen LogP contribution in [-0.4, -0.2) is 29.3 Å². The van der Waals surface area contributed by atoms with Crippen LogP contribution in [0.5, 0.6) is 11.5 Å². The minimum Gasteiger partial charge on any atom is -0.454 e. The van der Waals surface area contributed by atoms with Crippen LogP contribution in [0.15, 0.2) is 66.7 Å². The number of aromatic amines is 1. The summed E-state index contributed by atoms with van der Waals surface area (Å²) in [4.78, 5) is 18.7. The second-order valence-electron chi connectivity index (χ2n) is 7.96. The van der Waals surface area contributed by atoms with Crippen LogP contribution < -0.4 is 14.8 Å². The summed E-state index contributed by atoms with van der Waals surface area (Å²) in [5, 5.41) is 4.14. The van der Waals surface area contributed by atoms with Gasteiger partial charge >= 0.3 is 6.03 Å². The second kappa shape index (κ2) is 7.30. The second-order valence-corrected chi connectivity index (χ2v) is 7.96. The van der Waals surface area contributed by atoms with Gasteiger partial charge in [-0.2, -0.15) is 0 Å². The third-order valence-electron chi connectivity index (χ3n) is 6.10. The molecule has 0 fully saturated rings. The Hall–Kier alpha value is -4.00. The minimum absolute atomic E-state index is 0.175. The monoisotopic (exact) mass is 429 g/mol. The first-order valence-electron chi connectivity index (χ1n) is 10.5. The number of nitrogens with one attached hydrogen (secondary N) is 2. The van der Waals surface area contributed by atoms with E-state index in [2.05, 4.69) is 16.4 Å². The van der Waals surface area contributed by atoms with Crippen LogP contribution in [0.25, 0.3) is 10.9 Å². The van der Waals surface area contributed by atoms with Gasteiger partial charge in [0.25, 0.3) is 0 Å². The molecule has 0 bridgehead atoms. The van der Waals surface area contributed by atoms with Crippen molar-refractivity contribution in [2.45, 2.75) is 12.5 Å². The number of para-hydroxylation sites is 1. The molecular formula is C25H20FN3O3. The number of amides is 2. The quantitative estimate of drug-likeness (QED) is 0.459. The van der Waals surface area contributed by atoms with Crippen molar-refractivity contribution in [3.8, 4) is 11.5 Å². The lowest BCUT2D eigenvalue weighted by Crippen LogP contribution is -2.43. The Morgan fingerprint density at radius 2 is 1.84 bits per heavy atom. The lowest BCUT2D eigenvalue weighted by Gasteiger charge is -2.36. The molecule has 0 aliphatic carbocycles. The lowest BCUT2D eigenvalue weighted by molar-refractivity contribution is 0.174. The van der Waals surface area contributed by atoms with Crippen molar-refractivity contribution in [1.29, 1.82) is 0 Å². The van der Waals surface area contributed by atoms with Crippen molar-refractivity contribution in [3.05, 3.63) is 89.4 Å². The van der Waals surface area contributed by atoms with Gasteiger partial charge in [-0.05, 0) is 47.9 Å². The number of carbonyl (C=O) groups is 1. The van der Waals surface area contributed by atoms with Crippen LogP contribution in [0.1, 0.15) is 22.9 Å². The molecule has 3 heterocycles. The van der Waals surface area contributed by atoms with Crippen LogP contribution in [-0.2, 0) is 6.42 Å². The third-order valence-corrected chi connectivity index (χ3v) is 6.10. The molecule has 6 rings (SSSR count). The zero-order valence-corrected chi connectivity index (χ0v) is 17.1. The number of nitrogens with zero attached hydrogens (tertiary/aromatic N) is 1. The Morgan fingerprint density at radius 1 is 1.03 bits per heavy atom. The van der Waals surface area contributed by atoms with E-state index < -0.39 is 0 Å². The molecular weight excluding hydrogens is 409 g/mol. The van der Waals surface area contributed by atoms with E-state index in [1.807, 2.05) is 18.2 Å². The van der Waals surface area contributed by atoms with E-state index in [1.165, 1.54) is 17.7 Å². The highest BCUT2D eigenvalue weighted by molar-refractivity contribution is 5.92. The number of carbonyl (C=O) groups excluding carboxylic acids is 1. The molecule has 1 atom stereocenters. The van der Waals surface area contributed by atoms with Gasteiger partial charge in [-0.15, -0.1) is 0 Å². The summed E-state index contributed by atoms with van der Waals surface area (Å²) in [6, 6.07) is 19.2. The molecule has 7 heteroatoms. The van der Waals surface area contributed by atoms with Crippen LogP contribution in [0.3, 0.4) is 0 Å². The van der Waals surface area contributed by atoms with Crippen molar-refractivity contribution in [2.75, 3.05) is 18.7 Å². The van der Waals surface area contributed by atoms with Crippen molar-refractivity contribution >= 4 is 22.6 Å². The van der Waals surface area contributed by atoms with E-state index in [4.69, 9.17) is 9.47 Å². The molecule has 0 radical (unpaired) electrons. The van der Waals surface area contributed by atoms with E-state index in [0.29, 0.717) is 23.7 Å². The summed E-state index contributed by atoms with van der Waals surface area (Å²) < 4.78 is 24.4. The topological polar surface area (TPSA) is 66.6 Å². The molecule has 0 unspecified atom stereocenters. The maximum absolute atomic E-state index is 13.6. The van der Waals surface area contributed by atoms with Crippen molar-refractivity contribution < 1.29 is 18.7 Å². The third kappa shape index (κ3) is 3.05. The van der Waals surface area contributed by atoms with E-state index in [0.717, 1.165) is 28.6 Å². The number of hydrogen-bond acceptors (Lipinski definition) is 3. The first-order valence-corrected chi connectivity index (χ1v) is 10.5. The van der Waals surface area contributed by atoms with Gasteiger partial charge in [0, 0.05) is 34.9 Å². The molecule has 0 saturated heterocycles. The van der Waals surface area contributed by atoms with Gasteiger partial charge in [0.2, 0.25) is 6.79 Å². The molecule has 6 nitrogen and oxygen atoms in total. The average molecular weight is 429 g/mol. The smallest absolute Gasteiger partial charge is 0.322 e. The zero-order chi connectivity index (χ0) is 21.7. The fraction of sp³-hybridized carbons (Fsp3) is 0.160. The van der Waals surface area contributed by atoms with Crippen molar-refractivity contribution in [3.63, 3.8) is 0 Å². The first-order chi connectivity index (χ1) is 15.7. The zero-order valence-electron chi connectivity index (χ0n) is 17.1. The number of halogens is 1. The predicted octanol–water partition coefficient (Wildman–Crippen LogP) is 5.22. The van der Waals surface area contributed by atoms with E-state index in [9.17, 15) is 9.18 Å². The highest BCUT2D eigenvalue weighted by atomic mass is 19.1. The average Bonchev–Trinajstić information content (AvgIpc) is 3.43. The number of H-pyrrole nitrogens is 1. The van der Waals surface area contributed by atoms with Gasteiger partial charge in [-0.1, -0.05) is 30.3 Å². The van der Waals surface area contributed by atoms with Gasteiger partial charge in [0.1, 0.15) is 5.82 Å². The fourth-order valence-electron chi connectivity index (χ4n) is 4.62. The summed E-state index contributed by atoms with van der Waals surface area (Å²) in [5.74, 6) is 0.958. The van der Waals surface area contributed by atoms with Gasteiger partial charge < -0.3 is 24.7 Å². The van der Waals surface area contributed by atoms with E-state index in [1.54, 1.807) is 35.2 Å². The van der Waals surface area contributed by atoms with Gasteiger partial charge in [0.15, 0.2) is 11.5 Å². The fourth-order valence-corrected chi connectivity index (χ4v) is 4.62. The number of benzene rings is 3. The van der Waals surface area contributed by atoms with Crippen LogP contribution >= 0.6 is 0 Å². The molecule has 0 saturated carbocycles. The Kier molecular flexibility index (Phi) is 4.28. The highest BCUT2D eigenvalue weighted by Gasteiger charge is 2.34. The molecule has 160 valence electrons. The van der Waals surface area contributed by atoms with Crippen LogP contribution in [0.2, 0.25) is 0 Å². The van der Waals surface area contributed by atoms with Crippen molar-refractivity contribution in [1.82, 2.24) is 9.88 Å². The summed E-state index contributed by atoms with van der Waals surface area (Å²) >= 11 is 0. The maximum atomic E-state index is 13.6. The highest BCUT2D eigenvalue weighted by Crippen LogP contribution is 2.39. The standard InChI is InChI=1S/C25H20FN3O3/c26-16-7-5-15(6-8-16)24-23-19(18-3-1-2-4-20(18)28-23)11-12-29(24)25(30)27-17-9-10-21-22(13-17)32-14-31-21/h1-10,13,24,28H,11-12,14H2,(H,27,30)/t24-/m0/s1. The molecule has 32 heavy (non-hydrogen) atoms. The lowest BCUT2D eigenvalue weighted by atomic mass is 9.92. The van der Waals surface area contributed by atoms with Crippen molar-refractivity contribution in [2.24, 2.45) is 0 Å². The molecule has 2 amide bonds. The summed E-state index contributed by atoms with van der Waals surface area (Å²) in [7, 11) is 0. The van der Waals surface area contributed by atoms with E-state index >= 15 is 0 Å². The Morgan fingerprint density at radius 3 is 2.72 bits per heavy atom. The number of rotatable bonds is 2. The molecule has 1 aromatic heterocycles. The van der Waals surface area contributed by atoms with E-state index in [-0.39, 0.29) is 24.7 Å². The van der Waals surface area contributed by atoms with Gasteiger partial charge in [-0.25, -0.2) is 9.18 Å². The SMILES string of the molecule is O=C(Nc1ccc2c(c1)OCO2)N1CCc2c([nH]c3ccccc23)[C@@H]1c1ccc(F)cc1. The summed E-state index contributed by atoms with van der Waals surface area (Å²) in [6.07, 6.45) is 0.728. The number of fused-ring (bicyclic) bond motifs is 4. The number of urea groups is 1. The van der Waals surface area contributed by atoms with Gasteiger partial charge in [0.05, 0.1) is 6.04 Å². The Labute approximate surface area is 183 Å². The molecule has 2 aliphatic heterocycles. The molecule has 3 aromatic carbocycles. The number of ether oxygens (including phenoxy) is 2. The molecule has 4 aromatic rings. The number of aromatic nitrogens is 1. The predicted molar refractivity (Wildman–Crippen MR) is 119 cm³/mol. The maximum Gasteiger partial charge on any atom is 0.322 e. The minimum atomic E-state index is -0.360. The molecule has 2 N–H and O–H groups in total. The molecule has 2 aliphatic rings. The number of anilines is 1. The first kappa shape index (κ1) is 18.7. The Balaban J connectivity index is 1.39. The van der Waals surface area contributed by atoms with Gasteiger partial charge in [-0.3, -0.25) is 0 Å². The Bertz CT molecular complexity index is 1330. The normalized spacial score (nSPS) is 16.8. The summed E-state index contributed by atoms with van der Waals surface area (Å²) in [5.41, 5.74) is 4.66. The largest absolute Gasteiger partial charge is 0.454 e. The molecule has 0 spiro atoms. The number of hydrogen-bond donors (Lipinski definition) is 2. The van der Waals surface area contributed by atoms with Crippen LogP contribution in [0, 0.1) is 5.82 Å². The summed E-state index contributed by atoms with van der Waals surface area (Å²) in [6.45, 7) is 0.710.